The molecule has 1 amide bonds. The molecule has 4 rings (SSSR count). The molecular formula is C20H23N3O2. The fourth-order valence-corrected chi connectivity index (χ4v) is 4.19. The molecule has 2 aliphatic rings. The molecule has 0 radical (unpaired) electrons. The van der Waals surface area contributed by atoms with E-state index in [0.29, 0.717) is 29.2 Å². The first-order chi connectivity index (χ1) is 12.3. The number of hydrogen-bond acceptors (Lipinski definition) is 4. The van der Waals surface area contributed by atoms with Gasteiger partial charge < -0.3 is 9.64 Å². The first-order valence-electron chi connectivity index (χ1n) is 9.16. The topological polar surface area (TPSA) is 55.3 Å². The van der Waals surface area contributed by atoms with E-state index in [1.807, 2.05) is 24.3 Å². The molecule has 0 N–H and O–H groups in total. The van der Waals surface area contributed by atoms with Crippen LogP contribution in [0.3, 0.4) is 0 Å². The van der Waals surface area contributed by atoms with Crippen molar-refractivity contribution in [3.63, 3.8) is 0 Å². The Morgan fingerprint density at radius 1 is 1.12 bits per heavy atom. The van der Waals surface area contributed by atoms with Gasteiger partial charge in [0.1, 0.15) is 5.75 Å². The van der Waals surface area contributed by atoms with Crippen molar-refractivity contribution in [3.8, 4) is 11.6 Å². The third-order valence-electron chi connectivity index (χ3n) is 5.35. The van der Waals surface area contributed by atoms with Gasteiger partial charge in [0.05, 0.1) is 6.20 Å². The van der Waals surface area contributed by atoms with Crippen LogP contribution in [0.25, 0.3) is 0 Å². The summed E-state index contributed by atoms with van der Waals surface area (Å²) in [6, 6.07) is 7.80. The Hall–Kier alpha value is -2.43. The highest BCUT2D eigenvalue weighted by Gasteiger charge is 2.35. The number of benzene rings is 1. The van der Waals surface area contributed by atoms with Crippen LogP contribution in [0.2, 0.25) is 0 Å². The van der Waals surface area contributed by atoms with Gasteiger partial charge in [-0.2, -0.15) is 0 Å². The van der Waals surface area contributed by atoms with Crippen LogP contribution in [-0.4, -0.2) is 33.4 Å². The molecular weight excluding hydrogens is 314 g/mol. The van der Waals surface area contributed by atoms with Crippen LogP contribution in [-0.2, 0) is 0 Å². The van der Waals surface area contributed by atoms with Crippen LogP contribution in [0.4, 0.5) is 0 Å². The van der Waals surface area contributed by atoms with Gasteiger partial charge in [-0.3, -0.25) is 9.78 Å². The molecule has 2 heterocycles. The standard InChI is InChI=1S/C20H23N3O2/c24-20(23-12-4-7-15-5-1-2-9-18(15)23)16-6-3-8-17(13-16)25-19-14-21-10-11-22-19/h3,6,8,10-11,13-15,18H,1-2,4-5,7,9,12H2/t15-,18-/m1/s1. The maximum Gasteiger partial charge on any atom is 0.254 e. The Labute approximate surface area is 148 Å². The number of amides is 1. The maximum absolute atomic E-state index is 13.1. The number of ether oxygens (including phenoxy) is 1. The zero-order chi connectivity index (χ0) is 17.1. The number of rotatable bonds is 3. The Morgan fingerprint density at radius 3 is 2.88 bits per heavy atom. The van der Waals surface area contributed by atoms with Gasteiger partial charge in [0.15, 0.2) is 0 Å². The van der Waals surface area contributed by atoms with Gasteiger partial charge in [-0.1, -0.05) is 18.9 Å². The number of likely N-dealkylation sites (tertiary alicyclic amines) is 1. The zero-order valence-corrected chi connectivity index (χ0v) is 14.3. The van der Waals surface area contributed by atoms with Gasteiger partial charge in [-0.05, 0) is 49.8 Å². The lowest BCUT2D eigenvalue weighted by Gasteiger charge is -2.44. The minimum atomic E-state index is 0.126. The highest BCUT2D eigenvalue weighted by atomic mass is 16.5. The van der Waals surface area contributed by atoms with E-state index in [9.17, 15) is 4.79 Å². The molecule has 0 bridgehead atoms. The SMILES string of the molecule is O=C(c1cccc(Oc2cnccn2)c1)N1CCC[C@H]2CCCC[C@H]21. The summed E-state index contributed by atoms with van der Waals surface area (Å²) >= 11 is 0. The number of hydrogen-bond donors (Lipinski definition) is 0. The van der Waals surface area contributed by atoms with Crippen LogP contribution < -0.4 is 4.74 Å². The highest BCUT2D eigenvalue weighted by Crippen LogP contribution is 2.36. The summed E-state index contributed by atoms with van der Waals surface area (Å²) in [5, 5.41) is 0. The predicted molar refractivity (Wildman–Crippen MR) is 94.6 cm³/mol. The second kappa shape index (κ2) is 7.21. The molecule has 0 unspecified atom stereocenters. The van der Waals surface area contributed by atoms with E-state index in [1.54, 1.807) is 18.6 Å². The molecule has 1 saturated heterocycles. The summed E-state index contributed by atoms with van der Waals surface area (Å²) in [6.45, 7) is 0.870. The summed E-state index contributed by atoms with van der Waals surface area (Å²) in [4.78, 5) is 23.3. The average molecular weight is 337 g/mol. The lowest BCUT2D eigenvalue weighted by Crippen LogP contribution is -2.49. The third-order valence-corrected chi connectivity index (χ3v) is 5.35. The molecule has 2 aromatic rings. The van der Waals surface area contributed by atoms with Crippen LogP contribution in [0.5, 0.6) is 11.6 Å². The van der Waals surface area contributed by atoms with Crippen molar-refractivity contribution in [3.05, 3.63) is 48.4 Å². The van der Waals surface area contributed by atoms with Gasteiger partial charge in [0.2, 0.25) is 5.88 Å². The second-order valence-corrected chi connectivity index (χ2v) is 6.93. The van der Waals surface area contributed by atoms with E-state index in [-0.39, 0.29) is 5.91 Å². The molecule has 1 aliphatic carbocycles. The Kier molecular flexibility index (Phi) is 4.63. The molecule has 5 heteroatoms. The van der Waals surface area contributed by atoms with Gasteiger partial charge in [0, 0.05) is 30.5 Å². The van der Waals surface area contributed by atoms with E-state index in [1.165, 1.54) is 25.7 Å². The average Bonchev–Trinajstić information content (AvgIpc) is 2.68. The van der Waals surface area contributed by atoms with Gasteiger partial charge in [-0.25, -0.2) is 4.98 Å². The van der Waals surface area contributed by atoms with Crippen molar-refractivity contribution in [2.45, 2.75) is 44.6 Å². The molecule has 0 spiro atoms. The van der Waals surface area contributed by atoms with Crippen molar-refractivity contribution in [2.24, 2.45) is 5.92 Å². The van der Waals surface area contributed by atoms with E-state index in [0.717, 1.165) is 19.4 Å². The van der Waals surface area contributed by atoms with E-state index in [4.69, 9.17) is 4.74 Å². The van der Waals surface area contributed by atoms with Crippen LogP contribution >= 0.6 is 0 Å². The first-order valence-corrected chi connectivity index (χ1v) is 9.16. The lowest BCUT2D eigenvalue weighted by atomic mass is 9.78. The molecule has 1 aromatic heterocycles. The number of aromatic nitrogens is 2. The zero-order valence-electron chi connectivity index (χ0n) is 14.3. The van der Waals surface area contributed by atoms with Crippen molar-refractivity contribution >= 4 is 5.91 Å². The largest absolute Gasteiger partial charge is 0.437 e. The van der Waals surface area contributed by atoms with Crippen molar-refractivity contribution in [2.75, 3.05) is 6.54 Å². The summed E-state index contributed by atoms with van der Waals surface area (Å²) < 4.78 is 5.72. The number of piperidine rings is 1. The fraction of sp³-hybridized carbons (Fsp3) is 0.450. The minimum absolute atomic E-state index is 0.126. The monoisotopic (exact) mass is 337 g/mol. The van der Waals surface area contributed by atoms with Crippen molar-refractivity contribution in [1.82, 2.24) is 14.9 Å². The lowest BCUT2D eigenvalue weighted by molar-refractivity contribution is 0.0390. The number of nitrogens with zero attached hydrogens (tertiary/aromatic N) is 3. The van der Waals surface area contributed by atoms with Gasteiger partial charge in [0.25, 0.3) is 5.91 Å². The smallest absolute Gasteiger partial charge is 0.254 e. The molecule has 1 aromatic carbocycles. The number of fused-ring (bicyclic) bond motifs is 1. The Morgan fingerprint density at radius 2 is 2.00 bits per heavy atom. The second-order valence-electron chi connectivity index (χ2n) is 6.93. The van der Waals surface area contributed by atoms with E-state index >= 15 is 0 Å². The van der Waals surface area contributed by atoms with E-state index in [2.05, 4.69) is 14.9 Å². The molecule has 2 fully saturated rings. The van der Waals surface area contributed by atoms with Gasteiger partial charge in [-0.15, -0.1) is 0 Å². The fourth-order valence-electron chi connectivity index (χ4n) is 4.19. The van der Waals surface area contributed by atoms with Crippen molar-refractivity contribution in [1.29, 1.82) is 0 Å². The molecule has 1 saturated carbocycles. The van der Waals surface area contributed by atoms with Crippen molar-refractivity contribution < 1.29 is 9.53 Å². The minimum Gasteiger partial charge on any atom is -0.437 e. The summed E-state index contributed by atoms with van der Waals surface area (Å²) in [5.41, 5.74) is 0.688. The molecule has 2 atom stereocenters. The van der Waals surface area contributed by atoms with Crippen LogP contribution in [0.1, 0.15) is 48.9 Å². The predicted octanol–water partition coefficient (Wildman–Crippen LogP) is 4.06. The Bertz CT molecular complexity index is 733. The van der Waals surface area contributed by atoms with Crippen LogP contribution in [0.15, 0.2) is 42.9 Å². The summed E-state index contributed by atoms with van der Waals surface area (Å²) in [7, 11) is 0. The number of carbonyl (C=O) groups excluding carboxylic acids is 1. The number of carbonyl (C=O) groups is 1. The molecule has 5 nitrogen and oxygen atoms in total. The quantitative estimate of drug-likeness (QED) is 0.847. The summed E-state index contributed by atoms with van der Waals surface area (Å²) in [6.07, 6.45) is 12.1. The van der Waals surface area contributed by atoms with Gasteiger partial charge >= 0.3 is 0 Å². The Balaban J connectivity index is 1.52. The molecule has 130 valence electrons. The summed E-state index contributed by atoms with van der Waals surface area (Å²) in [5.74, 6) is 1.85. The first kappa shape index (κ1) is 16.1. The van der Waals surface area contributed by atoms with E-state index < -0.39 is 0 Å². The third kappa shape index (κ3) is 3.50. The normalized spacial score (nSPS) is 23.0. The maximum atomic E-state index is 13.1. The molecule has 25 heavy (non-hydrogen) atoms. The highest BCUT2D eigenvalue weighted by molar-refractivity contribution is 5.95. The molecule has 1 aliphatic heterocycles. The van der Waals surface area contributed by atoms with Crippen LogP contribution in [0, 0.1) is 5.92 Å².